The minimum absolute atomic E-state index is 0.0544. The van der Waals surface area contributed by atoms with Gasteiger partial charge in [-0.3, -0.25) is 4.79 Å². The summed E-state index contributed by atoms with van der Waals surface area (Å²) in [5.41, 5.74) is 0.352. The van der Waals surface area contributed by atoms with E-state index in [1.807, 2.05) is 5.92 Å². The number of terminal acetylenes is 1. The van der Waals surface area contributed by atoms with E-state index in [1.54, 1.807) is 0 Å². The molecule has 0 bridgehead atoms. The molecule has 0 aliphatic heterocycles. The Morgan fingerprint density at radius 2 is 2.20 bits per heavy atom. The molecule has 0 spiro atoms. The summed E-state index contributed by atoms with van der Waals surface area (Å²) in [4.78, 5) is 14.4. The number of carbonyl (C=O) groups excluding carboxylic acids is 1. The van der Waals surface area contributed by atoms with Crippen molar-refractivity contribution in [2.75, 3.05) is 11.6 Å². The molecular weight excluding hydrogens is 216 g/mol. The Kier molecular flexibility index (Phi) is 3.07. The summed E-state index contributed by atoms with van der Waals surface area (Å²) in [7, 11) is -3.32. The Bertz CT molecular complexity index is 511. The van der Waals surface area contributed by atoms with E-state index in [1.165, 1.54) is 18.3 Å². The molecule has 1 aromatic rings. The lowest BCUT2D eigenvalue weighted by molar-refractivity contribution is -0.111. The third kappa shape index (κ3) is 3.07. The summed E-state index contributed by atoms with van der Waals surface area (Å²) >= 11 is 0. The molecular formula is C9H8N2O3S. The van der Waals surface area contributed by atoms with Gasteiger partial charge in [0.05, 0.1) is 11.9 Å². The number of carbonyl (C=O) groups is 1. The largest absolute Gasteiger partial charge is 0.314 e. The van der Waals surface area contributed by atoms with Gasteiger partial charge in [-0.1, -0.05) is 0 Å². The van der Waals surface area contributed by atoms with Crippen molar-refractivity contribution in [2.45, 2.75) is 5.03 Å². The van der Waals surface area contributed by atoms with Crippen molar-refractivity contribution >= 4 is 21.4 Å². The molecule has 0 unspecified atom stereocenters. The zero-order valence-corrected chi connectivity index (χ0v) is 8.71. The average molecular weight is 224 g/mol. The topological polar surface area (TPSA) is 76.1 Å². The number of nitrogens with one attached hydrogen (secondary N) is 1. The van der Waals surface area contributed by atoms with Crippen LogP contribution in [-0.2, 0) is 14.6 Å². The number of sulfone groups is 1. The van der Waals surface area contributed by atoms with Crippen LogP contribution >= 0.6 is 0 Å². The van der Waals surface area contributed by atoms with Gasteiger partial charge in [-0.25, -0.2) is 13.4 Å². The van der Waals surface area contributed by atoms with Gasteiger partial charge in [-0.2, -0.15) is 0 Å². The van der Waals surface area contributed by atoms with Crippen molar-refractivity contribution in [3.8, 4) is 12.3 Å². The van der Waals surface area contributed by atoms with Crippen LogP contribution in [0.25, 0.3) is 0 Å². The number of nitrogens with zero attached hydrogens (tertiary/aromatic N) is 1. The van der Waals surface area contributed by atoms with Crippen molar-refractivity contribution in [3.63, 3.8) is 0 Å². The molecule has 0 saturated carbocycles. The van der Waals surface area contributed by atoms with Gasteiger partial charge in [0.15, 0.2) is 14.9 Å². The first-order chi connectivity index (χ1) is 6.93. The molecule has 1 heterocycles. The van der Waals surface area contributed by atoms with E-state index in [4.69, 9.17) is 6.42 Å². The average Bonchev–Trinajstić information content (AvgIpc) is 2.17. The molecule has 78 valence electrons. The van der Waals surface area contributed by atoms with Crippen molar-refractivity contribution < 1.29 is 13.2 Å². The van der Waals surface area contributed by atoms with Gasteiger partial charge in [0.25, 0.3) is 5.91 Å². The van der Waals surface area contributed by atoms with Crippen LogP contribution < -0.4 is 5.32 Å². The molecule has 0 fully saturated rings. The zero-order chi connectivity index (χ0) is 11.5. The molecule has 0 aromatic carbocycles. The van der Waals surface area contributed by atoms with Crippen LogP contribution in [0.2, 0.25) is 0 Å². The fourth-order valence-corrected chi connectivity index (χ4v) is 1.40. The van der Waals surface area contributed by atoms with Crippen LogP contribution in [-0.4, -0.2) is 25.6 Å². The number of hydrogen-bond acceptors (Lipinski definition) is 4. The van der Waals surface area contributed by atoms with E-state index in [2.05, 4.69) is 10.3 Å². The number of pyridine rings is 1. The highest BCUT2D eigenvalue weighted by molar-refractivity contribution is 7.90. The Morgan fingerprint density at radius 3 is 2.60 bits per heavy atom. The summed E-state index contributed by atoms with van der Waals surface area (Å²) in [6, 6.07) is 2.71. The third-order valence-electron chi connectivity index (χ3n) is 1.51. The maximum atomic E-state index is 11.0. The second-order valence-corrected chi connectivity index (χ2v) is 4.72. The summed E-state index contributed by atoms with van der Waals surface area (Å²) in [6.07, 6.45) is 7.12. The van der Waals surface area contributed by atoms with Crippen molar-refractivity contribution in [3.05, 3.63) is 18.3 Å². The van der Waals surface area contributed by atoms with Gasteiger partial charge >= 0.3 is 0 Å². The molecule has 1 aromatic heterocycles. The maximum absolute atomic E-state index is 11.0. The van der Waals surface area contributed by atoms with Gasteiger partial charge in [-0.05, 0) is 18.1 Å². The third-order valence-corrected chi connectivity index (χ3v) is 2.51. The summed E-state index contributed by atoms with van der Waals surface area (Å²) in [5.74, 6) is 1.25. The van der Waals surface area contributed by atoms with E-state index < -0.39 is 15.7 Å². The molecule has 1 rings (SSSR count). The van der Waals surface area contributed by atoms with Crippen molar-refractivity contribution in [2.24, 2.45) is 0 Å². The first-order valence-corrected chi connectivity index (χ1v) is 5.76. The highest BCUT2D eigenvalue weighted by atomic mass is 32.2. The summed E-state index contributed by atoms with van der Waals surface area (Å²) in [6.45, 7) is 0. The minimum atomic E-state index is -3.32. The molecule has 6 heteroatoms. The number of rotatable bonds is 2. The highest BCUT2D eigenvalue weighted by Gasteiger charge is 2.08. The number of anilines is 1. The van der Waals surface area contributed by atoms with Crippen molar-refractivity contribution in [1.82, 2.24) is 4.98 Å². The van der Waals surface area contributed by atoms with Crippen LogP contribution in [0, 0.1) is 12.3 Å². The highest BCUT2D eigenvalue weighted by Crippen LogP contribution is 2.09. The SMILES string of the molecule is C#CC(=O)Nc1ccc(S(C)(=O)=O)nc1. The predicted molar refractivity (Wildman–Crippen MR) is 54.8 cm³/mol. The zero-order valence-electron chi connectivity index (χ0n) is 7.89. The summed E-state index contributed by atoms with van der Waals surface area (Å²) < 4.78 is 22.1. The molecule has 0 saturated heterocycles. The second-order valence-electron chi connectivity index (χ2n) is 2.76. The normalized spacial score (nSPS) is 10.4. The Balaban J connectivity index is 2.92. The van der Waals surface area contributed by atoms with E-state index in [0.29, 0.717) is 5.69 Å². The van der Waals surface area contributed by atoms with Gasteiger partial charge in [0.1, 0.15) is 0 Å². The van der Waals surface area contributed by atoms with Gasteiger partial charge < -0.3 is 5.32 Å². The van der Waals surface area contributed by atoms with Crippen LogP contribution in [0.5, 0.6) is 0 Å². The lowest BCUT2D eigenvalue weighted by Crippen LogP contribution is -2.09. The monoisotopic (exact) mass is 224 g/mol. The number of amides is 1. The van der Waals surface area contributed by atoms with Crippen LogP contribution in [0.3, 0.4) is 0 Å². The molecule has 15 heavy (non-hydrogen) atoms. The molecule has 5 nitrogen and oxygen atoms in total. The molecule has 0 radical (unpaired) electrons. The second kappa shape index (κ2) is 4.11. The van der Waals surface area contributed by atoms with Crippen LogP contribution in [0.1, 0.15) is 0 Å². The molecule has 0 aliphatic carbocycles. The Morgan fingerprint density at radius 1 is 1.53 bits per heavy atom. The standard InChI is InChI=1S/C9H8N2O3S/c1-3-8(12)11-7-4-5-9(10-6-7)15(2,13)14/h1,4-6H,2H3,(H,11,12). The first kappa shape index (κ1) is 11.2. The van der Waals surface area contributed by atoms with Gasteiger partial charge in [0, 0.05) is 6.26 Å². The molecule has 1 N–H and O–H groups in total. The fraction of sp³-hybridized carbons (Fsp3) is 0.111. The van der Waals surface area contributed by atoms with E-state index in [0.717, 1.165) is 6.26 Å². The number of aromatic nitrogens is 1. The fourth-order valence-electron chi connectivity index (χ4n) is 0.841. The smallest absolute Gasteiger partial charge is 0.300 e. The molecule has 0 atom stereocenters. The molecule has 1 amide bonds. The lowest BCUT2D eigenvalue weighted by atomic mass is 10.4. The van der Waals surface area contributed by atoms with Crippen molar-refractivity contribution in [1.29, 1.82) is 0 Å². The quantitative estimate of drug-likeness (QED) is 0.720. The van der Waals surface area contributed by atoms with E-state index >= 15 is 0 Å². The van der Waals surface area contributed by atoms with E-state index in [9.17, 15) is 13.2 Å². The summed E-state index contributed by atoms with van der Waals surface area (Å²) in [5, 5.41) is 2.28. The Labute approximate surface area is 87.4 Å². The first-order valence-electron chi connectivity index (χ1n) is 3.87. The van der Waals surface area contributed by atoms with Crippen LogP contribution in [0.4, 0.5) is 5.69 Å². The van der Waals surface area contributed by atoms with Crippen LogP contribution in [0.15, 0.2) is 23.4 Å². The van der Waals surface area contributed by atoms with Gasteiger partial charge in [-0.15, -0.1) is 6.42 Å². The maximum Gasteiger partial charge on any atom is 0.300 e. The molecule has 0 aliphatic rings. The lowest BCUT2D eigenvalue weighted by Gasteiger charge is -2.01. The van der Waals surface area contributed by atoms with E-state index in [-0.39, 0.29) is 5.03 Å². The number of hydrogen-bond donors (Lipinski definition) is 1. The van der Waals surface area contributed by atoms with Gasteiger partial charge in [0.2, 0.25) is 0 Å². The Hall–Kier alpha value is -1.87. The predicted octanol–water partition coefficient (Wildman–Crippen LogP) is 0.0568. The minimum Gasteiger partial charge on any atom is -0.314 e.